The van der Waals surface area contributed by atoms with Crippen molar-refractivity contribution in [2.75, 3.05) is 0 Å². The lowest BCUT2D eigenvalue weighted by atomic mass is 10.1. The number of carbonyl (C=O) groups excluding carboxylic acids is 1. The molecular formula is C15H17N3O3. The van der Waals surface area contributed by atoms with E-state index in [2.05, 4.69) is 10.4 Å². The van der Waals surface area contributed by atoms with Gasteiger partial charge < -0.3 is 10.4 Å². The number of aryl methyl sites for hydroxylation is 2. The van der Waals surface area contributed by atoms with Crippen LogP contribution in [-0.4, -0.2) is 32.8 Å². The first kappa shape index (κ1) is 14.8. The lowest BCUT2D eigenvalue weighted by Crippen LogP contribution is -2.41. The molecule has 110 valence electrons. The van der Waals surface area contributed by atoms with Crippen molar-refractivity contribution < 1.29 is 14.7 Å². The zero-order valence-electron chi connectivity index (χ0n) is 11.7. The molecule has 1 amide bonds. The van der Waals surface area contributed by atoms with Crippen molar-refractivity contribution in [1.82, 2.24) is 15.1 Å². The molecule has 1 aromatic carbocycles. The predicted octanol–water partition coefficient (Wildman–Crippen LogP) is 1.24. The van der Waals surface area contributed by atoms with Crippen molar-refractivity contribution in [2.24, 2.45) is 7.05 Å². The monoisotopic (exact) mass is 287 g/mol. The highest BCUT2D eigenvalue weighted by molar-refractivity contribution is 5.96. The fourth-order valence-electron chi connectivity index (χ4n) is 1.99. The lowest BCUT2D eigenvalue weighted by molar-refractivity contribution is -0.139. The molecule has 0 unspecified atom stereocenters. The highest BCUT2D eigenvalue weighted by Gasteiger charge is 2.21. The molecule has 2 rings (SSSR count). The first-order valence-corrected chi connectivity index (χ1v) is 6.62. The number of carboxylic acid groups (broad SMARTS) is 1. The third kappa shape index (κ3) is 4.17. The van der Waals surface area contributed by atoms with Crippen LogP contribution in [0.3, 0.4) is 0 Å². The Bertz CT molecular complexity index is 622. The summed E-state index contributed by atoms with van der Waals surface area (Å²) in [6.45, 7) is 0. The number of rotatable bonds is 6. The zero-order chi connectivity index (χ0) is 15.2. The number of benzene rings is 1. The Balaban J connectivity index is 1.96. The molecular weight excluding hydrogens is 270 g/mol. The molecule has 6 nitrogen and oxygen atoms in total. The van der Waals surface area contributed by atoms with Crippen LogP contribution in [0.5, 0.6) is 0 Å². The van der Waals surface area contributed by atoms with E-state index in [0.29, 0.717) is 18.4 Å². The van der Waals surface area contributed by atoms with E-state index in [1.807, 2.05) is 30.3 Å². The summed E-state index contributed by atoms with van der Waals surface area (Å²) in [5.41, 5.74) is 1.39. The molecule has 1 aromatic heterocycles. The highest BCUT2D eigenvalue weighted by Crippen LogP contribution is 2.06. The van der Waals surface area contributed by atoms with Crippen molar-refractivity contribution >= 4 is 11.9 Å². The van der Waals surface area contributed by atoms with Crippen molar-refractivity contribution in [3.63, 3.8) is 0 Å². The number of aromatic nitrogens is 2. The second-order valence-electron chi connectivity index (χ2n) is 4.79. The Kier molecular flexibility index (Phi) is 4.71. The van der Waals surface area contributed by atoms with E-state index in [0.717, 1.165) is 5.56 Å². The second kappa shape index (κ2) is 6.69. The van der Waals surface area contributed by atoms with E-state index in [9.17, 15) is 14.7 Å². The topological polar surface area (TPSA) is 84.2 Å². The maximum atomic E-state index is 12.0. The number of nitrogens with zero attached hydrogens (tertiary/aromatic N) is 2. The molecule has 0 aliphatic carbocycles. The fourth-order valence-corrected chi connectivity index (χ4v) is 1.99. The van der Waals surface area contributed by atoms with Crippen LogP contribution in [0.1, 0.15) is 22.3 Å². The normalized spacial score (nSPS) is 11.9. The van der Waals surface area contributed by atoms with Crippen LogP contribution in [-0.2, 0) is 18.3 Å². The Morgan fingerprint density at radius 3 is 2.62 bits per heavy atom. The molecule has 6 heteroatoms. The number of amides is 1. The van der Waals surface area contributed by atoms with Gasteiger partial charge in [-0.05, 0) is 18.4 Å². The quantitative estimate of drug-likeness (QED) is 0.837. The minimum absolute atomic E-state index is 0.339. The molecule has 1 atom stereocenters. The van der Waals surface area contributed by atoms with Crippen LogP contribution in [0.15, 0.2) is 42.7 Å². The average molecular weight is 287 g/mol. The molecule has 1 heterocycles. The van der Waals surface area contributed by atoms with Gasteiger partial charge in [0.15, 0.2) is 0 Å². The summed E-state index contributed by atoms with van der Waals surface area (Å²) in [5.74, 6) is -1.47. The van der Waals surface area contributed by atoms with Crippen LogP contribution in [0.25, 0.3) is 0 Å². The highest BCUT2D eigenvalue weighted by atomic mass is 16.4. The van der Waals surface area contributed by atoms with Gasteiger partial charge in [0.2, 0.25) is 0 Å². The van der Waals surface area contributed by atoms with Crippen LogP contribution in [0.2, 0.25) is 0 Å². The number of aliphatic carboxylic acids is 1. The summed E-state index contributed by atoms with van der Waals surface area (Å²) >= 11 is 0. The summed E-state index contributed by atoms with van der Waals surface area (Å²) in [4.78, 5) is 23.2. The van der Waals surface area contributed by atoms with Gasteiger partial charge >= 0.3 is 5.97 Å². The third-order valence-corrected chi connectivity index (χ3v) is 3.13. The van der Waals surface area contributed by atoms with Gasteiger partial charge in [0, 0.05) is 13.2 Å². The minimum Gasteiger partial charge on any atom is -0.480 e. The van der Waals surface area contributed by atoms with Crippen molar-refractivity contribution in [3.05, 3.63) is 53.9 Å². The molecule has 0 saturated heterocycles. The van der Waals surface area contributed by atoms with Gasteiger partial charge in [-0.3, -0.25) is 9.48 Å². The summed E-state index contributed by atoms with van der Waals surface area (Å²) in [5, 5.41) is 15.6. The summed E-state index contributed by atoms with van der Waals surface area (Å²) in [6.07, 6.45) is 3.88. The van der Waals surface area contributed by atoms with E-state index < -0.39 is 17.9 Å². The SMILES string of the molecule is Cn1cc(C(=O)N[C@@H](CCc2ccccc2)C(=O)O)cn1. The molecule has 0 saturated carbocycles. The Morgan fingerprint density at radius 2 is 2.05 bits per heavy atom. The Hall–Kier alpha value is -2.63. The Morgan fingerprint density at radius 1 is 1.33 bits per heavy atom. The van der Waals surface area contributed by atoms with Gasteiger partial charge in [-0.1, -0.05) is 30.3 Å². The number of nitrogens with one attached hydrogen (secondary N) is 1. The molecule has 2 aromatic rings. The standard InChI is InChI=1S/C15H17N3O3/c1-18-10-12(9-16-18)14(19)17-13(15(20)21)8-7-11-5-3-2-4-6-11/h2-6,9-10,13H,7-8H2,1H3,(H,17,19)(H,20,21)/t13-/m0/s1. The van der Waals surface area contributed by atoms with Gasteiger partial charge in [0.05, 0.1) is 11.8 Å². The Labute approximate surface area is 122 Å². The van der Waals surface area contributed by atoms with E-state index in [1.165, 1.54) is 10.9 Å². The van der Waals surface area contributed by atoms with E-state index in [1.54, 1.807) is 13.2 Å². The van der Waals surface area contributed by atoms with Crippen LogP contribution in [0.4, 0.5) is 0 Å². The van der Waals surface area contributed by atoms with E-state index in [-0.39, 0.29) is 0 Å². The number of carboxylic acids is 1. The van der Waals surface area contributed by atoms with Crippen molar-refractivity contribution in [2.45, 2.75) is 18.9 Å². The lowest BCUT2D eigenvalue weighted by Gasteiger charge is -2.13. The molecule has 0 fully saturated rings. The number of carbonyl (C=O) groups is 2. The summed E-state index contributed by atoms with van der Waals surface area (Å²) < 4.78 is 1.49. The summed E-state index contributed by atoms with van der Waals surface area (Å²) in [6, 6.07) is 8.66. The smallest absolute Gasteiger partial charge is 0.326 e. The molecule has 0 radical (unpaired) electrons. The minimum atomic E-state index is -1.04. The molecule has 0 bridgehead atoms. The van der Waals surface area contributed by atoms with E-state index >= 15 is 0 Å². The van der Waals surface area contributed by atoms with Crippen molar-refractivity contribution in [1.29, 1.82) is 0 Å². The van der Waals surface area contributed by atoms with Crippen LogP contribution < -0.4 is 5.32 Å². The average Bonchev–Trinajstić information content (AvgIpc) is 2.90. The van der Waals surface area contributed by atoms with Gasteiger partial charge in [-0.25, -0.2) is 4.79 Å². The fraction of sp³-hybridized carbons (Fsp3) is 0.267. The molecule has 0 aliphatic rings. The maximum absolute atomic E-state index is 12.0. The summed E-state index contributed by atoms with van der Waals surface area (Å²) in [7, 11) is 1.70. The largest absolute Gasteiger partial charge is 0.480 e. The van der Waals surface area contributed by atoms with Gasteiger partial charge in [-0.2, -0.15) is 5.10 Å². The van der Waals surface area contributed by atoms with E-state index in [4.69, 9.17) is 0 Å². The molecule has 2 N–H and O–H groups in total. The van der Waals surface area contributed by atoms with Crippen LogP contribution in [0, 0.1) is 0 Å². The second-order valence-corrected chi connectivity index (χ2v) is 4.79. The predicted molar refractivity (Wildman–Crippen MR) is 76.9 cm³/mol. The van der Waals surface area contributed by atoms with Crippen LogP contribution >= 0.6 is 0 Å². The first-order chi connectivity index (χ1) is 10.1. The third-order valence-electron chi connectivity index (χ3n) is 3.13. The van der Waals surface area contributed by atoms with Crippen molar-refractivity contribution in [3.8, 4) is 0 Å². The number of hydrogen-bond donors (Lipinski definition) is 2. The van der Waals surface area contributed by atoms with Gasteiger partial charge in [-0.15, -0.1) is 0 Å². The maximum Gasteiger partial charge on any atom is 0.326 e. The van der Waals surface area contributed by atoms with Gasteiger partial charge in [0.1, 0.15) is 6.04 Å². The molecule has 0 spiro atoms. The molecule has 21 heavy (non-hydrogen) atoms. The zero-order valence-corrected chi connectivity index (χ0v) is 11.7. The van der Waals surface area contributed by atoms with Gasteiger partial charge in [0.25, 0.3) is 5.91 Å². The molecule has 0 aliphatic heterocycles. The number of hydrogen-bond acceptors (Lipinski definition) is 3. The first-order valence-electron chi connectivity index (χ1n) is 6.62.